The molecule has 2 rings (SSSR count). The van der Waals surface area contributed by atoms with Crippen molar-refractivity contribution in [2.75, 3.05) is 20.8 Å². The third-order valence-corrected chi connectivity index (χ3v) is 3.12. The van der Waals surface area contributed by atoms with Gasteiger partial charge in [-0.25, -0.2) is 9.78 Å². The molecule has 0 spiro atoms. The number of esters is 1. The molecule has 0 aliphatic carbocycles. The monoisotopic (exact) mass is 277 g/mol. The highest BCUT2D eigenvalue weighted by molar-refractivity contribution is 5.89. The van der Waals surface area contributed by atoms with Crippen LogP contribution in [0.25, 0.3) is 11.2 Å². The first kappa shape index (κ1) is 14.5. The van der Waals surface area contributed by atoms with Crippen LogP contribution in [0.5, 0.6) is 0 Å². The Morgan fingerprint density at radius 3 is 2.75 bits per heavy atom. The second kappa shape index (κ2) is 6.00. The average molecular weight is 277 g/mol. The Morgan fingerprint density at radius 2 is 2.15 bits per heavy atom. The molecule has 2 aromatic rings. The predicted molar refractivity (Wildman–Crippen MR) is 74.8 cm³/mol. The molecule has 0 radical (unpaired) electrons. The van der Waals surface area contributed by atoms with Gasteiger partial charge >= 0.3 is 5.97 Å². The zero-order chi connectivity index (χ0) is 14.7. The van der Waals surface area contributed by atoms with Crippen molar-refractivity contribution in [3.05, 3.63) is 23.7 Å². The molecule has 0 amide bonds. The van der Waals surface area contributed by atoms with Crippen molar-refractivity contribution in [3.63, 3.8) is 0 Å². The summed E-state index contributed by atoms with van der Waals surface area (Å²) in [5.74, 6) is -0.477. The van der Waals surface area contributed by atoms with Crippen LogP contribution in [-0.4, -0.2) is 41.3 Å². The molecule has 2 heterocycles. The Labute approximate surface area is 117 Å². The molecule has 0 atom stereocenters. The van der Waals surface area contributed by atoms with Crippen molar-refractivity contribution in [1.29, 1.82) is 0 Å². The van der Waals surface area contributed by atoms with E-state index in [2.05, 4.69) is 28.6 Å². The van der Waals surface area contributed by atoms with E-state index in [4.69, 9.17) is 4.74 Å². The minimum absolute atomic E-state index is 0.221. The molecule has 0 saturated heterocycles. The van der Waals surface area contributed by atoms with Crippen LogP contribution in [0.1, 0.15) is 35.9 Å². The van der Waals surface area contributed by atoms with Gasteiger partial charge in [-0.15, -0.1) is 0 Å². The largest absolute Gasteiger partial charge is 0.464 e. The Kier molecular flexibility index (Phi) is 4.34. The molecule has 0 aromatic carbocycles. The van der Waals surface area contributed by atoms with E-state index < -0.39 is 5.97 Å². The number of fused-ring (bicyclic) bond motifs is 1. The molecule has 0 saturated carbocycles. The number of carbonyl (C=O) groups excluding carboxylic acids is 1. The van der Waals surface area contributed by atoms with Crippen LogP contribution in [0.4, 0.5) is 0 Å². The topological polar surface area (TPSA) is 66.2 Å². The number of hydrogen-bond donors (Lipinski definition) is 0. The summed E-state index contributed by atoms with van der Waals surface area (Å²) in [6.07, 6.45) is 4.24. The van der Waals surface area contributed by atoms with Crippen LogP contribution in [0.3, 0.4) is 0 Å². The normalized spacial score (nSPS) is 11.2. The lowest BCUT2D eigenvalue weighted by Gasteiger charge is -2.08. The summed E-state index contributed by atoms with van der Waals surface area (Å²) in [6.45, 7) is 4.75. The van der Waals surface area contributed by atoms with Crippen LogP contribution in [0.15, 0.2) is 12.4 Å². The molecular formula is C14H19N3O3. The fourth-order valence-electron chi connectivity index (χ4n) is 2.07. The van der Waals surface area contributed by atoms with Crippen LogP contribution in [-0.2, 0) is 15.9 Å². The maximum Gasteiger partial charge on any atom is 0.358 e. The van der Waals surface area contributed by atoms with Gasteiger partial charge in [-0.2, -0.15) is 0 Å². The van der Waals surface area contributed by atoms with Gasteiger partial charge in [-0.3, -0.25) is 4.98 Å². The molecule has 0 unspecified atom stereocenters. The Bertz CT molecular complexity index is 619. The van der Waals surface area contributed by atoms with Crippen LogP contribution in [0.2, 0.25) is 0 Å². The van der Waals surface area contributed by atoms with Crippen molar-refractivity contribution in [2.45, 2.75) is 26.3 Å². The van der Waals surface area contributed by atoms with Crippen molar-refractivity contribution >= 4 is 17.1 Å². The third-order valence-electron chi connectivity index (χ3n) is 3.12. The molecule has 108 valence electrons. The average Bonchev–Trinajstić information content (AvgIpc) is 2.82. The Morgan fingerprint density at radius 1 is 1.40 bits per heavy atom. The zero-order valence-electron chi connectivity index (χ0n) is 12.2. The van der Waals surface area contributed by atoms with Crippen molar-refractivity contribution < 1.29 is 14.3 Å². The molecule has 0 fully saturated rings. The van der Waals surface area contributed by atoms with Gasteiger partial charge in [-0.1, -0.05) is 0 Å². The van der Waals surface area contributed by atoms with Gasteiger partial charge in [0.05, 0.1) is 19.9 Å². The van der Waals surface area contributed by atoms with Gasteiger partial charge in [-0.05, 0) is 20.3 Å². The summed E-state index contributed by atoms with van der Waals surface area (Å²) < 4.78 is 11.8. The minimum atomic E-state index is -0.477. The SMILES string of the molecule is COCCc1cn(C(C)C)c2nc(C(=O)OC)cnc12. The lowest BCUT2D eigenvalue weighted by atomic mass is 10.2. The smallest absolute Gasteiger partial charge is 0.358 e. The molecule has 6 heteroatoms. The number of nitrogens with zero attached hydrogens (tertiary/aromatic N) is 3. The lowest BCUT2D eigenvalue weighted by molar-refractivity contribution is 0.0594. The number of ether oxygens (including phenoxy) is 2. The van der Waals surface area contributed by atoms with Crippen LogP contribution in [0, 0.1) is 0 Å². The van der Waals surface area contributed by atoms with Crippen molar-refractivity contribution in [2.24, 2.45) is 0 Å². The second-order valence-electron chi connectivity index (χ2n) is 4.82. The highest BCUT2D eigenvalue weighted by atomic mass is 16.5. The summed E-state index contributed by atoms with van der Waals surface area (Å²) in [5.41, 5.74) is 2.80. The molecule has 20 heavy (non-hydrogen) atoms. The fraction of sp³-hybridized carbons (Fsp3) is 0.500. The van der Waals surface area contributed by atoms with Gasteiger partial charge in [0, 0.05) is 24.9 Å². The summed E-state index contributed by atoms with van der Waals surface area (Å²) in [6, 6.07) is 0.232. The molecule has 0 aliphatic heterocycles. The minimum Gasteiger partial charge on any atom is -0.464 e. The van der Waals surface area contributed by atoms with E-state index in [1.165, 1.54) is 13.3 Å². The van der Waals surface area contributed by atoms with Gasteiger partial charge in [0.25, 0.3) is 0 Å². The van der Waals surface area contributed by atoms with E-state index in [0.29, 0.717) is 12.3 Å². The molecule has 0 bridgehead atoms. The summed E-state index contributed by atoms with van der Waals surface area (Å²) in [7, 11) is 3.00. The first-order valence-electron chi connectivity index (χ1n) is 6.52. The molecule has 2 aromatic heterocycles. The predicted octanol–water partition coefficient (Wildman–Crippen LogP) is 1.99. The molecule has 0 N–H and O–H groups in total. The van der Waals surface area contributed by atoms with E-state index in [1.807, 2.05) is 10.8 Å². The van der Waals surface area contributed by atoms with Gasteiger partial charge in [0.2, 0.25) is 0 Å². The number of methoxy groups -OCH3 is 2. The van der Waals surface area contributed by atoms with E-state index in [0.717, 1.165) is 17.5 Å². The summed E-state index contributed by atoms with van der Waals surface area (Å²) in [4.78, 5) is 20.3. The highest BCUT2D eigenvalue weighted by Crippen LogP contribution is 2.22. The van der Waals surface area contributed by atoms with Crippen LogP contribution >= 0.6 is 0 Å². The number of aromatic nitrogens is 3. The Hall–Kier alpha value is -1.95. The summed E-state index contributed by atoms with van der Waals surface area (Å²) in [5, 5.41) is 0. The quantitative estimate of drug-likeness (QED) is 0.782. The van der Waals surface area contributed by atoms with Gasteiger partial charge in [0.1, 0.15) is 5.52 Å². The molecular weight excluding hydrogens is 258 g/mol. The first-order valence-corrected chi connectivity index (χ1v) is 6.52. The van der Waals surface area contributed by atoms with E-state index in [1.54, 1.807) is 7.11 Å². The first-order chi connectivity index (χ1) is 9.58. The second-order valence-corrected chi connectivity index (χ2v) is 4.82. The van der Waals surface area contributed by atoms with E-state index in [9.17, 15) is 4.79 Å². The number of carbonyl (C=O) groups is 1. The maximum absolute atomic E-state index is 11.6. The molecule has 6 nitrogen and oxygen atoms in total. The summed E-state index contributed by atoms with van der Waals surface area (Å²) >= 11 is 0. The van der Waals surface area contributed by atoms with Crippen LogP contribution < -0.4 is 0 Å². The number of hydrogen-bond acceptors (Lipinski definition) is 5. The Balaban J connectivity index is 2.54. The number of rotatable bonds is 5. The highest BCUT2D eigenvalue weighted by Gasteiger charge is 2.16. The standard InChI is InChI=1S/C14H19N3O3/c1-9(2)17-8-10(5-6-19-3)12-13(17)16-11(7-15-12)14(18)20-4/h7-9H,5-6H2,1-4H3. The lowest BCUT2D eigenvalue weighted by Crippen LogP contribution is -2.07. The zero-order valence-corrected chi connectivity index (χ0v) is 12.2. The third kappa shape index (κ3) is 2.65. The molecule has 0 aliphatic rings. The maximum atomic E-state index is 11.6. The van der Waals surface area contributed by atoms with E-state index in [-0.39, 0.29) is 11.7 Å². The van der Waals surface area contributed by atoms with Crippen molar-refractivity contribution in [1.82, 2.24) is 14.5 Å². The van der Waals surface area contributed by atoms with Crippen molar-refractivity contribution in [3.8, 4) is 0 Å². The van der Waals surface area contributed by atoms with E-state index >= 15 is 0 Å². The van der Waals surface area contributed by atoms with Gasteiger partial charge < -0.3 is 14.0 Å². The van der Waals surface area contributed by atoms with Gasteiger partial charge in [0.15, 0.2) is 11.3 Å². The fourth-order valence-corrected chi connectivity index (χ4v) is 2.07.